The summed E-state index contributed by atoms with van der Waals surface area (Å²) in [5, 5.41) is 0. The maximum absolute atomic E-state index is 12.7. The highest BCUT2D eigenvalue weighted by Crippen LogP contribution is 2.31. The Labute approximate surface area is 201 Å². The van der Waals surface area contributed by atoms with Crippen molar-refractivity contribution in [2.45, 2.75) is 38.7 Å². The molecular formula is C25H25N3O7. The number of hydrogen-bond acceptors (Lipinski definition) is 9. The number of aromatic nitrogens is 3. The summed E-state index contributed by atoms with van der Waals surface area (Å²) in [4.78, 5) is 45.3. The van der Waals surface area contributed by atoms with Gasteiger partial charge in [0.15, 0.2) is 0 Å². The second-order valence-corrected chi connectivity index (χ2v) is 8.17. The number of aryl methyl sites for hydroxylation is 2. The molecule has 1 aliphatic heterocycles. The molecule has 0 aliphatic carbocycles. The molecule has 0 spiro atoms. The fourth-order valence-electron chi connectivity index (χ4n) is 3.60. The largest absolute Gasteiger partial charge is 0.467 e. The van der Waals surface area contributed by atoms with Crippen LogP contribution >= 0.6 is 0 Å². The third-order valence-corrected chi connectivity index (χ3v) is 5.59. The van der Waals surface area contributed by atoms with Gasteiger partial charge in [-0.2, -0.15) is 4.98 Å². The van der Waals surface area contributed by atoms with Crippen molar-refractivity contribution in [2.24, 2.45) is 0 Å². The summed E-state index contributed by atoms with van der Waals surface area (Å²) in [6.07, 6.45) is -1.03. The first kappa shape index (κ1) is 24.1. The summed E-state index contributed by atoms with van der Waals surface area (Å²) in [7, 11) is 1.35. The lowest BCUT2D eigenvalue weighted by Gasteiger charge is -2.19. The molecule has 0 saturated carbocycles. The van der Waals surface area contributed by atoms with E-state index in [1.807, 2.05) is 13.8 Å². The van der Waals surface area contributed by atoms with Crippen LogP contribution in [0.15, 0.2) is 59.7 Å². The average molecular weight is 479 g/mol. The first-order chi connectivity index (χ1) is 16.8. The Morgan fingerprint density at radius 2 is 1.60 bits per heavy atom. The predicted octanol–water partition coefficient (Wildman–Crippen LogP) is 2.63. The van der Waals surface area contributed by atoms with E-state index in [2.05, 4.69) is 9.97 Å². The van der Waals surface area contributed by atoms with Gasteiger partial charge in [-0.3, -0.25) is 4.57 Å². The highest BCUT2D eigenvalue weighted by Gasteiger charge is 2.40. The van der Waals surface area contributed by atoms with E-state index in [-0.39, 0.29) is 19.0 Å². The van der Waals surface area contributed by atoms with Crippen LogP contribution in [0, 0.1) is 13.8 Å². The summed E-state index contributed by atoms with van der Waals surface area (Å²) >= 11 is 0. The SMILES string of the molecule is COc1ncn(C2CC(OC(=O)c3ccc(C)cc3)C(COC(=O)c3ccc(C)cc3)O2)c(=O)n1. The number of hydrogen-bond donors (Lipinski definition) is 0. The van der Waals surface area contributed by atoms with E-state index in [1.54, 1.807) is 48.5 Å². The molecule has 0 bridgehead atoms. The van der Waals surface area contributed by atoms with E-state index in [0.717, 1.165) is 11.1 Å². The molecule has 3 atom stereocenters. The fraction of sp³-hybridized carbons (Fsp3) is 0.320. The topological polar surface area (TPSA) is 119 Å². The molecule has 1 saturated heterocycles. The van der Waals surface area contributed by atoms with Crippen molar-refractivity contribution in [3.8, 4) is 6.01 Å². The average Bonchev–Trinajstić information content (AvgIpc) is 3.25. The zero-order valence-corrected chi connectivity index (χ0v) is 19.5. The molecule has 0 N–H and O–H groups in total. The lowest BCUT2D eigenvalue weighted by Crippen LogP contribution is -2.32. The highest BCUT2D eigenvalue weighted by molar-refractivity contribution is 5.90. The van der Waals surface area contributed by atoms with Crippen molar-refractivity contribution >= 4 is 11.9 Å². The number of carbonyl (C=O) groups excluding carboxylic acids is 2. The molecule has 1 fully saturated rings. The number of rotatable bonds is 7. The summed E-state index contributed by atoms with van der Waals surface area (Å²) in [6, 6.07) is 13.8. The number of methoxy groups -OCH3 is 1. The van der Waals surface area contributed by atoms with Crippen LogP contribution in [-0.2, 0) is 14.2 Å². The zero-order chi connectivity index (χ0) is 24.9. The molecule has 35 heavy (non-hydrogen) atoms. The van der Waals surface area contributed by atoms with E-state index in [4.69, 9.17) is 18.9 Å². The van der Waals surface area contributed by atoms with Gasteiger partial charge in [-0.25, -0.2) is 14.4 Å². The Kier molecular flexibility index (Phi) is 7.21. The minimum absolute atomic E-state index is 0.0739. The maximum Gasteiger partial charge on any atom is 0.355 e. The number of ether oxygens (including phenoxy) is 4. The molecule has 1 aromatic heterocycles. The third-order valence-electron chi connectivity index (χ3n) is 5.59. The van der Waals surface area contributed by atoms with Crippen LogP contribution in [0.5, 0.6) is 6.01 Å². The standard InChI is InChI=1S/C25H25N3O7/c1-15-4-8-17(9-5-15)22(29)33-13-20-19(35-23(30)18-10-6-16(2)7-11-18)12-21(34-20)28-14-26-24(32-3)27-25(28)31/h4-11,14,19-21H,12-13H2,1-3H3. The maximum atomic E-state index is 12.7. The van der Waals surface area contributed by atoms with Gasteiger partial charge in [-0.15, -0.1) is 4.98 Å². The normalized spacial score (nSPS) is 19.2. The number of benzene rings is 2. The third kappa shape index (κ3) is 5.72. The second kappa shape index (κ2) is 10.5. The van der Waals surface area contributed by atoms with E-state index in [0.29, 0.717) is 11.1 Å². The Bertz CT molecular complexity index is 1260. The molecule has 2 aromatic carbocycles. The summed E-state index contributed by atoms with van der Waals surface area (Å²) in [5.41, 5.74) is 2.14. The van der Waals surface area contributed by atoms with Gasteiger partial charge >= 0.3 is 23.6 Å². The van der Waals surface area contributed by atoms with Crippen LogP contribution in [-0.4, -0.2) is 52.4 Å². The van der Waals surface area contributed by atoms with Gasteiger partial charge in [0.25, 0.3) is 0 Å². The summed E-state index contributed by atoms with van der Waals surface area (Å²) in [6.45, 7) is 3.65. The molecular weight excluding hydrogens is 454 g/mol. The Morgan fingerprint density at radius 3 is 2.17 bits per heavy atom. The summed E-state index contributed by atoms with van der Waals surface area (Å²) in [5.74, 6) is -1.09. The first-order valence-corrected chi connectivity index (χ1v) is 11.0. The van der Waals surface area contributed by atoms with Crippen LogP contribution < -0.4 is 10.4 Å². The van der Waals surface area contributed by atoms with Gasteiger partial charge in [0.1, 0.15) is 31.4 Å². The first-order valence-electron chi connectivity index (χ1n) is 11.0. The Morgan fingerprint density at radius 1 is 1.00 bits per heavy atom. The Balaban J connectivity index is 1.51. The van der Waals surface area contributed by atoms with E-state index in [9.17, 15) is 14.4 Å². The molecule has 3 aromatic rings. The second-order valence-electron chi connectivity index (χ2n) is 8.17. The number of nitrogens with zero attached hydrogens (tertiary/aromatic N) is 3. The van der Waals surface area contributed by atoms with Gasteiger partial charge in [0.2, 0.25) is 0 Å². The molecule has 0 radical (unpaired) electrons. The predicted molar refractivity (Wildman–Crippen MR) is 123 cm³/mol. The van der Waals surface area contributed by atoms with Crippen molar-refractivity contribution in [3.63, 3.8) is 0 Å². The minimum Gasteiger partial charge on any atom is -0.467 e. The number of esters is 2. The van der Waals surface area contributed by atoms with Crippen LogP contribution in [0.1, 0.15) is 44.5 Å². The molecule has 0 amide bonds. The quantitative estimate of drug-likeness (QED) is 0.471. The Hall–Kier alpha value is -4.05. The highest BCUT2D eigenvalue weighted by atomic mass is 16.6. The lowest BCUT2D eigenvalue weighted by molar-refractivity contribution is -0.0585. The minimum atomic E-state index is -0.827. The van der Waals surface area contributed by atoms with Crippen LogP contribution in [0.4, 0.5) is 0 Å². The molecule has 2 heterocycles. The van der Waals surface area contributed by atoms with E-state index < -0.39 is 36.1 Å². The van der Waals surface area contributed by atoms with Gasteiger partial charge in [-0.1, -0.05) is 35.4 Å². The number of carbonyl (C=O) groups is 2. The van der Waals surface area contributed by atoms with Gasteiger partial charge in [-0.05, 0) is 38.1 Å². The molecule has 3 unspecified atom stereocenters. The summed E-state index contributed by atoms with van der Waals surface area (Å²) < 4.78 is 23.2. The van der Waals surface area contributed by atoms with Gasteiger partial charge in [0, 0.05) is 6.42 Å². The van der Waals surface area contributed by atoms with Crippen LogP contribution in [0.3, 0.4) is 0 Å². The zero-order valence-electron chi connectivity index (χ0n) is 19.5. The van der Waals surface area contributed by atoms with Gasteiger partial charge < -0.3 is 18.9 Å². The van der Waals surface area contributed by atoms with Crippen molar-refractivity contribution < 1.29 is 28.5 Å². The van der Waals surface area contributed by atoms with Gasteiger partial charge in [0.05, 0.1) is 18.2 Å². The van der Waals surface area contributed by atoms with Crippen molar-refractivity contribution in [2.75, 3.05) is 13.7 Å². The molecule has 1 aliphatic rings. The van der Waals surface area contributed by atoms with Crippen LogP contribution in [0.25, 0.3) is 0 Å². The van der Waals surface area contributed by atoms with E-state index in [1.165, 1.54) is 18.0 Å². The van der Waals surface area contributed by atoms with Crippen molar-refractivity contribution in [3.05, 3.63) is 87.6 Å². The monoisotopic (exact) mass is 479 g/mol. The van der Waals surface area contributed by atoms with Crippen molar-refractivity contribution in [1.82, 2.24) is 14.5 Å². The fourth-order valence-corrected chi connectivity index (χ4v) is 3.60. The molecule has 4 rings (SSSR count). The lowest BCUT2D eigenvalue weighted by atomic mass is 10.1. The van der Waals surface area contributed by atoms with E-state index >= 15 is 0 Å². The molecule has 10 nitrogen and oxygen atoms in total. The van der Waals surface area contributed by atoms with Crippen LogP contribution in [0.2, 0.25) is 0 Å². The smallest absolute Gasteiger partial charge is 0.355 e. The molecule has 182 valence electrons. The molecule has 10 heteroatoms. The van der Waals surface area contributed by atoms with Crippen molar-refractivity contribution in [1.29, 1.82) is 0 Å².